The second-order valence-electron chi connectivity index (χ2n) is 6.15. The van der Waals surface area contributed by atoms with Gasteiger partial charge < -0.3 is 18.8 Å². The summed E-state index contributed by atoms with van der Waals surface area (Å²) in [5, 5.41) is 0. The molecular weight excluding hydrogens is 306 g/mol. The topological polar surface area (TPSA) is 51.9 Å². The van der Waals surface area contributed by atoms with Crippen LogP contribution >= 0.6 is 0 Å². The monoisotopic (exact) mass is 329 g/mol. The van der Waals surface area contributed by atoms with Gasteiger partial charge in [0, 0.05) is 19.2 Å². The fraction of sp³-hybridized carbons (Fsp3) is 0.421. The summed E-state index contributed by atoms with van der Waals surface area (Å²) in [7, 11) is 1.76. The molecule has 2 aromatic rings. The summed E-state index contributed by atoms with van der Waals surface area (Å²) >= 11 is 0. The van der Waals surface area contributed by atoms with E-state index in [1.807, 2.05) is 31.2 Å². The fourth-order valence-corrected chi connectivity index (χ4v) is 2.78. The van der Waals surface area contributed by atoms with E-state index >= 15 is 0 Å². The van der Waals surface area contributed by atoms with Gasteiger partial charge in [0.25, 0.3) is 5.91 Å². The minimum absolute atomic E-state index is 0.0633. The molecule has 1 atom stereocenters. The number of hydrogen-bond acceptors (Lipinski definition) is 4. The Kier molecular flexibility index (Phi) is 5.20. The van der Waals surface area contributed by atoms with Gasteiger partial charge in [0.15, 0.2) is 0 Å². The first kappa shape index (κ1) is 16.6. The van der Waals surface area contributed by atoms with Crippen molar-refractivity contribution in [1.82, 2.24) is 4.90 Å². The molecule has 1 unspecified atom stereocenters. The molecule has 0 spiro atoms. The van der Waals surface area contributed by atoms with Gasteiger partial charge in [0.05, 0.1) is 12.6 Å². The van der Waals surface area contributed by atoms with Crippen LogP contribution in [0.2, 0.25) is 0 Å². The van der Waals surface area contributed by atoms with Crippen molar-refractivity contribution < 1.29 is 18.7 Å². The molecule has 128 valence electrons. The largest absolute Gasteiger partial charge is 0.491 e. The first-order chi connectivity index (χ1) is 11.6. The number of amides is 1. The van der Waals surface area contributed by atoms with Crippen molar-refractivity contribution in [3.8, 4) is 5.75 Å². The van der Waals surface area contributed by atoms with Gasteiger partial charge in [-0.3, -0.25) is 4.79 Å². The Bertz CT molecular complexity index is 688. The van der Waals surface area contributed by atoms with E-state index in [1.165, 1.54) is 0 Å². The van der Waals surface area contributed by atoms with Crippen LogP contribution in [0.4, 0.5) is 0 Å². The minimum atomic E-state index is -0.0633. The predicted molar refractivity (Wildman–Crippen MR) is 90.2 cm³/mol. The smallest absolute Gasteiger partial charge is 0.254 e. The quantitative estimate of drug-likeness (QED) is 0.815. The lowest BCUT2D eigenvalue weighted by molar-refractivity contribution is 0.0678. The minimum Gasteiger partial charge on any atom is -0.491 e. The predicted octanol–water partition coefficient (Wildman–Crippen LogP) is 3.42. The SMILES string of the molecule is Cc1ccc(CN(C)C(=O)c2cccc(OCC3CCCO3)c2)o1. The molecule has 1 aromatic heterocycles. The van der Waals surface area contributed by atoms with Crippen LogP contribution in [0, 0.1) is 6.92 Å². The van der Waals surface area contributed by atoms with Gasteiger partial charge in [-0.1, -0.05) is 6.07 Å². The summed E-state index contributed by atoms with van der Waals surface area (Å²) in [6, 6.07) is 11.1. The normalized spacial score (nSPS) is 17.0. The number of aryl methyl sites for hydroxylation is 1. The van der Waals surface area contributed by atoms with Crippen molar-refractivity contribution in [2.75, 3.05) is 20.3 Å². The molecule has 5 nitrogen and oxygen atoms in total. The van der Waals surface area contributed by atoms with Gasteiger partial charge >= 0.3 is 0 Å². The molecule has 0 aliphatic carbocycles. The number of benzene rings is 1. The van der Waals surface area contributed by atoms with Gasteiger partial charge in [-0.2, -0.15) is 0 Å². The summed E-state index contributed by atoms with van der Waals surface area (Å²) in [6.45, 7) is 3.66. The van der Waals surface area contributed by atoms with E-state index < -0.39 is 0 Å². The molecule has 0 N–H and O–H groups in total. The number of ether oxygens (including phenoxy) is 2. The molecule has 1 aromatic carbocycles. The molecule has 2 heterocycles. The Morgan fingerprint density at radius 2 is 2.21 bits per heavy atom. The van der Waals surface area contributed by atoms with Crippen molar-refractivity contribution in [1.29, 1.82) is 0 Å². The Morgan fingerprint density at radius 3 is 2.92 bits per heavy atom. The first-order valence-electron chi connectivity index (χ1n) is 8.27. The third-order valence-electron chi connectivity index (χ3n) is 4.08. The number of carbonyl (C=O) groups excluding carboxylic acids is 1. The molecule has 24 heavy (non-hydrogen) atoms. The zero-order chi connectivity index (χ0) is 16.9. The van der Waals surface area contributed by atoms with E-state index in [0.717, 1.165) is 31.0 Å². The van der Waals surface area contributed by atoms with Crippen LogP contribution in [0.25, 0.3) is 0 Å². The lowest BCUT2D eigenvalue weighted by atomic mass is 10.2. The summed E-state index contributed by atoms with van der Waals surface area (Å²) in [5.74, 6) is 2.25. The van der Waals surface area contributed by atoms with Crippen LogP contribution in [0.1, 0.15) is 34.7 Å². The van der Waals surface area contributed by atoms with Crippen molar-refractivity contribution in [2.24, 2.45) is 0 Å². The molecule has 3 rings (SSSR count). The van der Waals surface area contributed by atoms with Gasteiger partial charge in [-0.15, -0.1) is 0 Å². The summed E-state index contributed by atoms with van der Waals surface area (Å²) in [5.41, 5.74) is 0.602. The highest BCUT2D eigenvalue weighted by Crippen LogP contribution is 2.19. The van der Waals surface area contributed by atoms with Gasteiger partial charge in [0.1, 0.15) is 23.9 Å². The average molecular weight is 329 g/mol. The van der Waals surface area contributed by atoms with Crippen molar-refractivity contribution >= 4 is 5.91 Å². The van der Waals surface area contributed by atoms with Crippen LogP contribution < -0.4 is 4.74 Å². The molecule has 0 radical (unpaired) electrons. The van der Waals surface area contributed by atoms with Gasteiger partial charge in [-0.05, 0) is 50.1 Å². The zero-order valence-electron chi connectivity index (χ0n) is 14.2. The van der Waals surface area contributed by atoms with E-state index in [2.05, 4.69) is 0 Å². The number of furan rings is 1. The number of hydrogen-bond donors (Lipinski definition) is 0. The first-order valence-corrected chi connectivity index (χ1v) is 8.27. The Balaban J connectivity index is 1.60. The summed E-state index contributed by atoms with van der Waals surface area (Å²) in [6.07, 6.45) is 2.28. The van der Waals surface area contributed by atoms with Crippen molar-refractivity contribution in [3.05, 3.63) is 53.5 Å². The highest BCUT2D eigenvalue weighted by molar-refractivity contribution is 5.94. The summed E-state index contributed by atoms with van der Waals surface area (Å²) in [4.78, 5) is 14.2. The lowest BCUT2D eigenvalue weighted by Gasteiger charge is -2.17. The molecule has 1 aliphatic heterocycles. The number of carbonyl (C=O) groups is 1. The van der Waals surface area contributed by atoms with Crippen LogP contribution in [-0.2, 0) is 11.3 Å². The lowest BCUT2D eigenvalue weighted by Crippen LogP contribution is -2.26. The molecule has 0 bridgehead atoms. The molecule has 1 amide bonds. The second-order valence-corrected chi connectivity index (χ2v) is 6.15. The standard InChI is InChI=1S/C19H23NO4/c1-14-8-9-17(24-14)12-20(2)19(21)15-5-3-6-16(11-15)23-13-18-7-4-10-22-18/h3,5-6,8-9,11,18H,4,7,10,12-13H2,1-2H3. The van der Waals surface area contributed by atoms with Crippen LogP contribution in [0.5, 0.6) is 5.75 Å². The maximum Gasteiger partial charge on any atom is 0.254 e. The molecule has 1 fully saturated rings. The van der Waals surface area contributed by atoms with E-state index in [0.29, 0.717) is 24.5 Å². The summed E-state index contributed by atoms with van der Waals surface area (Å²) < 4.78 is 16.8. The van der Waals surface area contributed by atoms with Crippen molar-refractivity contribution in [3.63, 3.8) is 0 Å². The number of nitrogens with zero attached hydrogens (tertiary/aromatic N) is 1. The third-order valence-corrected chi connectivity index (χ3v) is 4.08. The number of rotatable bonds is 6. The Hall–Kier alpha value is -2.27. The second kappa shape index (κ2) is 7.53. The van der Waals surface area contributed by atoms with Crippen LogP contribution in [0.15, 0.2) is 40.8 Å². The zero-order valence-corrected chi connectivity index (χ0v) is 14.2. The highest BCUT2D eigenvalue weighted by Gasteiger charge is 2.17. The Labute approximate surface area is 142 Å². The molecule has 0 saturated carbocycles. The van der Waals surface area contributed by atoms with Gasteiger partial charge in [-0.25, -0.2) is 0 Å². The van der Waals surface area contributed by atoms with Crippen LogP contribution in [0.3, 0.4) is 0 Å². The molecule has 1 saturated heterocycles. The van der Waals surface area contributed by atoms with Crippen molar-refractivity contribution in [2.45, 2.75) is 32.4 Å². The molecule has 1 aliphatic rings. The average Bonchev–Trinajstić information content (AvgIpc) is 3.24. The Morgan fingerprint density at radius 1 is 1.33 bits per heavy atom. The molecular formula is C19H23NO4. The van der Waals surface area contributed by atoms with E-state index in [1.54, 1.807) is 24.1 Å². The van der Waals surface area contributed by atoms with E-state index in [-0.39, 0.29) is 12.0 Å². The maximum absolute atomic E-state index is 12.6. The van der Waals surface area contributed by atoms with E-state index in [9.17, 15) is 4.79 Å². The third kappa shape index (κ3) is 4.17. The molecule has 5 heteroatoms. The maximum atomic E-state index is 12.6. The fourth-order valence-electron chi connectivity index (χ4n) is 2.78. The van der Waals surface area contributed by atoms with Gasteiger partial charge in [0.2, 0.25) is 0 Å². The highest BCUT2D eigenvalue weighted by atomic mass is 16.5. The van der Waals surface area contributed by atoms with Crippen LogP contribution in [-0.4, -0.2) is 37.2 Å². The van der Waals surface area contributed by atoms with E-state index in [4.69, 9.17) is 13.9 Å².